The second-order valence-electron chi connectivity index (χ2n) is 4.61. The Hall–Kier alpha value is -1.75. The first kappa shape index (κ1) is 14.7. The minimum atomic E-state index is 0.251. The zero-order valence-corrected chi connectivity index (χ0v) is 13.0. The van der Waals surface area contributed by atoms with Crippen LogP contribution in [0.25, 0.3) is 0 Å². The normalized spacial score (nSPS) is 10.7. The van der Waals surface area contributed by atoms with Crippen molar-refractivity contribution in [1.82, 2.24) is 9.97 Å². The number of hydrogen-bond acceptors (Lipinski definition) is 5. The van der Waals surface area contributed by atoms with Gasteiger partial charge >= 0.3 is 0 Å². The number of nitrogens with one attached hydrogen (secondary N) is 1. The third-order valence-corrected chi connectivity index (χ3v) is 3.55. The van der Waals surface area contributed by atoms with Crippen LogP contribution in [0.1, 0.15) is 25.6 Å². The van der Waals surface area contributed by atoms with E-state index >= 15 is 0 Å². The molecule has 20 heavy (non-hydrogen) atoms. The average Bonchev–Trinajstić information content (AvgIpc) is 2.47. The molecule has 0 saturated carbocycles. The predicted octanol–water partition coefficient (Wildman–Crippen LogP) is 4.16. The molecule has 1 aromatic carbocycles. The Morgan fingerprint density at radius 3 is 2.60 bits per heavy atom. The van der Waals surface area contributed by atoms with Crippen LogP contribution in [0, 0.1) is 0 Å². The molecule has 1 N–H and O–H groups in total. The summed E-state index contributed by atoms with van der Waals surface area (Å²) in [6.45, 7) is 4.13. The van der Waals surface area contributed by atoms with E-state index in [0.717, 1.165) is 22.3 Å². The van der Waals surface area contributed by atoms with Gasteiger partial charge in [0.1, 0.15) is 17.4 Å². The van der Waals surface area contributed by atoms with Crippen LogP contribution in [-0.4, -0.2) is 23.3 Å². The lowest BCUT2D eigenvalue weighted by Gasteiger charge is -2.12. The van der Waals surface area contributed by atoms with Gasteiger partial charge in [-0.1, -0.05) is 26.0 Å². The number of rotatable bonds is 5. The van der Waals surface area contributed by atoms with Crippen LogP contribution in [0.3, 0.4) is 0 Å². The maximum atomic E-state index is 5.92. The molecule has 5 heteroatoms. The van der Waals surface area contributed by atoms with Gasteiger partial charge in [0.25, 0.3) is 0 Å². The maximum absolute atomic E-state index is 5.92. The molecular weight excluding hydrogens is 270 g/mol. The summed E-state index contributed by atoms with van der Waals surface area (Å²) >= 11 is 1.65. The van der Waals surface area contributed by atoms with E-state index in [2.05, 4.69) is 29.1 Å². The van der Waals surface area contributed by atoms with E-state index in [1.54, 1.807) is 11.8 Å². The molecular formula is C15H19N3OS. The number of anilines is 1. The van der Waals surface area contributed by atoms with Crippen molar-refractivity contribution in [2.75, 3.05) is 18.6 Å². The van der Waals surface area contributed by atoms with Crippen LogP contribution in [0.5, 0.6) is 11.6 Å². The Kier molecular flexibility index (Phi) is 4.84. The van der Waals surface area contributed by atoms with Crippen LogP contribution < -0.4 is 10.1 Å². The van der Waals surface area contributed by atoms with E-state index in [9.17, 15) is 0 Å². The largest absolute Gasteiger partial charge is 0.438 e. The lowest BCUT2D eigenvalue weighted by molar-refractivity contribution is 0.447. The monoisotopic (exact) mass is 289 g/mol. The molecule has 0 atom stereocenters. The molecule has 0 unspecified atom stereocenters. The lowest BCUT2D eigenvalue weighted by Crippen LogP contribution is -2.03. The molecule has 0 spiro atoms. The van der Waals surface area contributed by atoms with Crippen LogP contribution in [0.15, 0.2) is 35.2 Å². The summed E-state index contributed by atoms with van der Waals surface area (Å²) in [4.78, 5) is 9.98. The number of nitrogens with zero attached hydrogens (tertiary/aromatic N) is 2. The Labute approximate surface area is 124 Å². The quantitative estimate of drug-likeness (QED) is 0.838. The van der Waals surface area contributed by atoms with Gasteiger partial charge < -0.3 is 10.1 Å². The van der Waals surface area contributed by atoms with Gasteiger partial charge in [0, 0.05) is 23.9 Å². The smallest absolute Gasteiger partial charge is 0.224 e. The number of para-hydroxylation sites is 1. The van der Waals surface area contributed by atoms with Crippen molar-refractivity contribution in [2.45, 2.75) is 24.7 Å². The zero-order chi connectivity index (χ0) is 14.5. The molecule has 2 rings (SSSR count). The molecule has 106 valence electrons. The minimum Gasteiger partial charge on any atom is -0.438 e. The average molecular weight is 289 g/mol. The zero-order valence-electron chi connectivity index (χ0n) is 12.2. The highest BCUT2D eigenvalue weighted by Gasteiger charge is 2.10. The summed E-state index contributed by atoms with van der Waals surface area (Å²) in [6.07, 6.45) is 2.03. The van der Waals surface area contributed by atoms with E-state index in [-0.39, 0.29) is 5.92 Å². The predicted molar refractivity (Wildman–Crippen MR) is 84.0 cm³/mol. The summed E-state index contributed by atoms with van der Waals surface area (Å²) in [7, 11) is 1.84. The van der Waals surface area contributed by atoms with Gasteiger partial charge in [0.2, 0.25) is 5.88 Å². The topological polar surface area (TPSA) is 47.0 Å². The maximum Gasteiger partial charge on any atom is 0.224 e. The summed E-state index contributed by atoms with van der Waals surface area (Å²) < 4.78 is 5.92. The lowest BCUT2D eigenvalue weighted by atomic mass is 10.2. The molecule has 0 aliphatic carbocycles. The first-order chi connectivity index (χ1) is 9.63. The second-order valence-corrected chi connectivity index (χ2v) is 5.46. The molecule has 0 radical (unpaired) electrons. The molecule has 0 fully saturated rings. The first-order valence-corrected chi connectivity index (χ1v) is 7.74. The standard InChI is InChI=1S/C15H19N3OS/c1-10(2)15-17-13(16-3)9-14(18-15)19-11-7-5-6-8-12(11)20-4/h5-10H,1-4H3,(H,16,17,18). The fourth-order valence-electron chi connectivity index (χ4n) is 1.70. The highest BCUT2D eigenvalue weighted by molar-refractivity contribution is 7.98. The van der Waals surface area contributed by atoms with Gasteiger partial charge in [0.05, 0.1) is 0 Å². The Morgan fingerprint density at radius 2 is 1.95 bits per heavy atom. The van der Waals surface area contributed by atoms with E-state index < -0.39 is 0 Å². The molecule has 2 aromatic rings. The fraction of sp³-hybridized carbons (Fsp3) is 0.333. The summed E-state index contributed by atoms with van der Waals surface area (Å²) in [6, 6.07) is 9.74. The van der Waals surface area contributed by atoms with Crippen molar-refractivity contribution < 1.29 is 4.74 Å². The summed E-state index contributed by atoms with van der Waals surface area (Å²) in [5, 5.41) is 3.04. The Morgan fingerprint density at radius 1 is 1.20 bits per heavy atom. The Balaban J connectivity index is 2.35. The molecule has 1 aromatic heterocycles. The molecule has 0 aliphatic rings. The molecule has 0 bridgehead atoms. The van der Waals surface area contributed by atoms with Crippen molar-refractivity contribution in [3.05, 3.63) is 36.2 Å². The molecule has 0 aliphatic heterocycles. The van der Waals surface area contributed by atoms with E-state index in [1.165, 1.54) is 0 Å². The first-order valence-electron chi connectivity index (χ1n) is 6.51. The Bertz CT molecular complexity index is 587. The van der Waals surface area contributed by atoms with E-state index in [4.69, 9.17) is 4.74 Å². The fourth-order valence-corrected chi connectivity index (χ4v) is 2.22. The van der Waals surface area contributed by atoms with Crippen LogP contribution in [0.2, 0.25) is 0 Å². The molecule has 4 nitrogen and oxygen atoms in total. The van der Waals surface area contributed by atoms with Crippen LogP contribution >= 0.6 is 11.8 Å². The highest BCUT2D eigenvalue weighted by atomic mass is 32.2. The van der Waals surface area contributed by atoms with Gasteiger partial charge in [-0.25, -0.2) is 4.98 Å². The van der Waals surface area contributed by atoms with Gasteiger partial charge in [-0.15, -0.1) is 11.8 Å². The number of hydrogen-bond donors (Lipinski definition) is 1. The van der Waals surface area contributed by atoms with Crippen molar-refractivity contribution in [1.29, 1.82) is 0 Å². The van der Waals surface area contributed by atoms with E-state index in [0.29, 0.717) is 5.88 Å². The third kappa shape index (κ3) is 3.42. The van der Waals surface area contributed by atoms with Crippen molar-refractivity contribution in [3.63, 3.8) is 0 Å². The van der Waals surface area contributed by atoms with Gasteiger partial charge in [-0.2, -0.15) is 4.98 Å². The number of ether oxygens (including phenoxy) is 1. The summed E-state index contributed by atoms with van der Waals surface area (Å²) in [5.74, 6) is 3.17. The highest BCUT2D eigenvalue weighted by Crippen LogP contribution is 2.31. The number of benzene rings is 1. The summed E-state index contributed by atoms with van der Waals surface area (Å²) in [5.41, 5.74) is 0. The third-order valence-electron chi connectivity index (χ3n) is 2.78. The minimum absolute atomic E-state index is 0.251. The van der Waals surface area contributed by atoms with E-state index in [1.807, 2.05) is 43.6 Å². The van der Waals surface area contributed by atoms with Gasteiger partial charge in [-0.05, 0) is 18.4 Å². The SMILES string of the molecule is CNc1cc(Oc2ccccc2SC)nc(C(C)C)n1. The molecule has 0 amide bonds. The molecule has 0 saturated heterocycles. The van der Waals surface area contributed by atoms with Crippen molar-refractivity contribution in [3.8, 4) is 11.6 Å². The number of thioether (sulfide) groups is 1. The second kappa shape index (κ2) is 6.61. The van der Waals surface area contributed by atoms with Gasteiger partial charge in [0.15, 0.2) is 0 Å². The van der Waals surface area contributed by atoms with Gasteiger partial charge in [-0.3, -0.25) is 0 Å². The van der Waals surface area contributed by atoms with Crippen LogP contribution in [0.4, 0.5) is 5.82 Å². The van der Waals surface area contributed by atoms with Crippen molar-refractivity contribution >= 4 is 17.6 Å². The molecule has 1 heterocycles. The van der Waals surface area contributed by atoms with Crippen molar-refractivity contribution in [2.24, 2.45) is 0 Å². The number of aromatic nitrogens is 2. The van der Waals surface area contributed by atoms with Crippen LogP contribution in [-0.2, 0) is 0 Å².